The van der Waals surface area contributed by atoms with Gasteiger partial charge >= 0.3 is 11.8 Å². The number of nitrogens with one attached hydrogen (secondary N) is 1. The third kappa shape index (κ3) is 3.91. The molecule has 2 aromatic rings. The Balaban J connectivity index is 2.28. The maximum Gasteiger partial charge on any atom is 0.323 e. The van der Waals surface area contributed by atoms with Gasteiger partial charge in [0.25, 0.3) is 0 Å². The summed E-state index contributed by atoms with van der Waals surface area (Å²) >= 11 is 5.89. The lowest BCUT2D eigenvalue weighted by molar-refractivity contribution is -0.136. The normalized spacial score (nSPS) is 10.1. The molecule has 0 bridgehead atoms. The highest BCUT2D eigenvalue weighted by Gasteiger charge is 2.27. The summed E-state index contributed by atoms with van der Waals surface area (Å²) < 4.78 is 0. The van der Waals surface area contributed by atoms with Crippen molar-refractivity contribution in [1.29, 1.82) is 0 Å². The van der Waals surface area contributed by atoms with Gasteiger partial charge in [-0.05, 0) is 42.8 Å². The van der Waals surface area contributed by atoms with E-state index >= 15 is 0 Å². The fourth-order valence-electron chi connectivity index (χ4n) is 2.11. The van der Waals surface area contributed by atoms with Gasteiger partial charge in [0.05, 0.1) is 5.69 Å². The van der Waals surface area contributed by atoms with E-state index in [1.54, 1.807) is 31.2 Å². The lowest BCUT2D eigenvalue weighted by Crippen LogP contribution is -2.42. The standard InChI is InChI=1S/C17H16ClN3O3/c1-10-6-7-12(18)8-15(10)20-16(23)17(24)21(11(2)22)14-5-3-4-13(19)9-14/h3-9H,19H2,1-2H3,(H,20,23). The van der Waals surface area contributed by atoms with Crippen molar-refractivity contribution in [1.82, 2.24) is 0 Å². The number of nitrogens with zero attached hydrogens (tertiary/aromatic N) is 1. The zero-order valence-corrected chi connectivity index (χ0v) is 13.9. The van der Waals surface area contributed by atoms with E-state index in [0.29, 0.717) is 16.4 Å². The number of halogens is 1. The second-order valence-electron chi connectivity index (χ2n) is 5.17. The van der Waals surface area contributed by atoms with Crippen molar-refractivity contribution in [2.75, 3.05) is 16.0 Å². The minimum atomic E-state index is -1.01. The number of hydrogen-bond acceptors (Lipinski definition) is 4. The van der Waals surface area contributed by atoms with E-state index in [1.807, 2.05) is 0 Å². The van der Waals surface area contributed by atoms with Gasteiger partial charge in [-0.15, -0.1) is 0 Å². The molecule has 2 rings (SSSR count). The molecular weight excluding hydrogens is 330 g/mol. The average molecular weight is 346 g/mol. The number of aryl methyl sites for hydroxylation is 1. The molecule has 7 heteroatoms. The predicted molar refractivity (Wildman–Crippen MR) is 93.8 cm³/mol. The number of anilines is 3. The smallest absolute Gasteiger partial charge is 0.323 e. The molecule has 0 atom stereocenters. The Labute approximate surface area is 144 Å². The Morgan fingerprint density at radius 2 is 1.83 bits per heavy atom. The van der Waals surface area contributed by atoms with Crippen molar-refractivity contribution >= 4 is 46.4 Å². The Morgan fingerprint density at radius 1 is 1.12 bits per heavy atom. The molecule has 0 saturated carbocycles. The van der Waals surface area contributed by atoms with Crippen molar-refractivity contribution in [3.63, 3.8) is 0 Å². The maximum absolute atomic E-state index is 12.4. The number of rotatable bonds is 2. The molecular formula is C17H16ClN3O3. The molecule has 0 heterocycles. The predicted octanol–water partition coefficient (Wildman–Crippen LogP) is 2.75. The van der Waals surface area contributed by atoms with Crippen molar-refractivity contribution in [2.45, 2.75) is 13.8 Å². The van der Waals surface area contributed by atoms with Crippen molar-refractivity contribution < 1.29 is 14.4 Å². The zero-order valence-electron chi connectivity index (χ0n) is 13.2. The van der Waals surface area contributed by atoms with Gasteiger partial charge < -0.3 is 11.1 Å². The molecule has 3 N–H and O–H groups in total. The molecule has 2 aromatic carbocycles. The van der Waals surface area contributed by atoms with Crippen LogP contribution in [0.25, 0.3) is 0 Å². The molecule has 0 aliphatic heterocycles. The fraction of sp³-hybridized carbons (Fsp3) is 0.118. The molecule has 0 fully saturated rings. The number of amides is 3. The van der Waals surface area contributed by atoms with Crippen molar-refractivity contribution in [2.24, 2.45) is 0 Å². The first-order valence-electron chi connectivity index (χ1n) is 7.07. The molecule has 0 aliphatic rings. The van der Waals surface area contributed by atoms with Gasteiger partial charge in [0.15, 0.2) is 0 Å². The molecule has 124 valence electrons. The van der Waals surface area contributed by atoms with Crippen LogP contribution < -0.4 is 16.0 Å². The van der Waals surface area contributed by atoms with Crippen molar-refractivity contribution in [3.05, 3.63) is 53.1 Å². The molecule has 0 spiro atoms. The van der Waals surface area contributed by atoms with Gasteiger partial charge in [-0.2, -0.15) is 0 Å². The summed E-state index contributed by atoms with van der Waals surface area (Å²) in [5.41, 5.74) is 7.40. The van der Waals surface area contributed by atoms with E-state index in [9.17, 15) is 14.4 Å². The number of nitrogens with two attached hydrogens (primary N) is 1. The first-order chi connectivity index (χ1) is 11.3. The lowest BCUT2D eigenvalue weighted by atomic mass is 10.2. The summed E-state index contributed by atoms with van der Waals surface area (Å²) in [6, 6.07) is 11.1. The fourth-order valence-corrected chi connectivity index (χ4v) is 2.28. The third-order valence-electron chi connectivity index (χ3n) is 3.29. The van der Waals surface area contributed by atoms with Gasteiger partial charge in [0.2, 0.25) is 5.91 Å². The van der Waals surface area contributed by atoms with E-state index in [1.165, 1.54) is 25.1 Å². The van der Waals surface area contributed by atoms with Crippen LogP contribution in [0.1, 0.15) is 12.5 Å². The van der Waals surface area contributed by atoms with Crippen LogP contribution in [0.3, 0.4) is 0 Å². The summed E-state index contributed by atoms with van der Waals surface area (Å²) in [5.74, 6) is -2.55. The van der Waals surface area contributed by atoms with Crippen molar-refractivity contribution in [3.8, 4) is 0 Å². The Morgan fingerprint density at radius 3 is 2.46 bits per heavy atom. The number of imide groups is 1. The molecule has 0 radical (unpaired) electrons. The first-order valence-corrected chi connectivity index (χ1v) is 7.45. The highest BCUT2D eigenvalue weighted by atomic mass is 35.5. The van der Waals surface area contributed by atoms with Gasteiger partial charge in [0, 0.05) is 23.3 Å². The van der Waals surface area contributed by atoms with Crippen LogP contribution in [0.5, 0.6) is 0 Å². The van der Waals surface area contributed by atoms with Crippen LogP contribution in [0.15, 0.2) is 42.5 Å². The van der Waals surface area contributed by atoms with E-state index in [4.69, 9.17) is 17.3 Å². The van der Waals surface area contributed by atoms with Crippen LogP contribution in [0, 0.1) is 6.92 Å². The van der Waals surface area contributed by atoms with Gasteiger partial charge in [0.1, 0.15) is 0 Å². The van der Waals surface area contributed by atoms with Crippen LogP contribution in [-0.2, 0) is 14.4 Å². The minimum absolute atomic E-state index is 0.227. The second-order valence-corrected chi connectivity index (χ2v) is 5.60. The van der Waals surface area contributed by atoms with Gasteiger partial charge in [-0.3, -0.25) is 14.4 Å². The number of benzene rings is 2. The van der Waals surface area contributed by atoms with E-state index in [0.717, 1.165) is 10.5 Å². The number of hydrogen-bond donors (Lipinski definition) is 2. The van der Waals surface area contributed by atoms with E-state index in [-0.39, 0.29) is 5.69 Å². The minimum Gasteiger partial charge on any atom is -0.399 e. The molecule has 3 amide bonds. The molecule has 0 aromatic heterocycles. The van der Waals surface area contributed by atoms with Crippen LogP contribution in [0.4, 0.5) is 17.1 Å². The number of carbonyl (C=O) groups is 3. The third-order valence-corrected chi connectivity index (χ3v) is 3.52. The zero-order chi connectivity index (χ0) is 17.9. The quantitative estimate of drug-likeness (QED) is 0.646. The molecule has 24 heavy (non-hydrogen) atoms. The molecule has 0 aliphatic carbocycles. The molecule has 0 unspecified atom stereocenters. The maximum atomic E-state index is 12.4. The van der Waals surface area contributed by atoms with E-state index < -0.39 is 17.7 Å². The number of nitrogen functional groups attached to an aromatic ring is 1. The molecule has 0 saturated heterocycles. The summed E-state index contributed by atoms with van der Waals surface area (Å²) in [6.45, 7) is 2.95. The van der Waals surface area contributed by atoms with Crippen LogP contribution in [-0.4, -0.2) is 17.7 Å². The second kappa shape index (κ2) is 7.14. The average Bonchev–Trinajstić information content (AvgIpc) is 2.50. The summed E-state index contributed by atoms with van der Waals surface area (Å²) in [5, 5.41) is 2.89. The highest BCUT2D eigenvalue weighted by Crippen LogP contribution is 2.21. The van der Waals surface area contributed by atoms with Crippen LogP contribution in [0.2, 0.25) is 5.02 Å². The molecule has 6 nitrogen and oxygen atoms in total. The largest absolute Gasteiger partial charge is 0.399 e. The Kier molecular flexibility index (Phi) is 5.21. The number of carbonyl (C=O) groups excluding carboxylic acids is 3. The topological polar surface area (TPSA) is 92.5 Å². The summed E-state index contributed by atoms with van der Waals surface area (Å²) in [6.07, 6.45) is 0. The SMILES string of the molecule is CC(=O)N(C(=O)C(=O)Nc1cc(Cl)ccc1C)c1cccc(N)c1. The summed E-state index contributed by atoms with van der Waals surface area (Å²) in [4.78, 5) is 37.3. The monoisotopic (exact) mass is 345 g/mol. The van der Waals surface area contributed by atoms with Crippen LogP contribution >= 0.6 is 11.6 Å². The summed E-state index contributed by atoms with van der Waals surface area (Å²) in [7, 11) is 0. The lowest BCUT2D eigenvalue weighted by Gasteiger charge is -2.19. The highest BCUT2D eigenvalue weighted by molar-refractivity contribution is 6.48. The first kappa shape index (κ1) is 17.5. The Bertz CT molecular complexity index is 820. The van der Waals surface area contributed by atoms with Gasteiger partial charge in [-0.25, -0.2) is 4.90 Å². The van der Waals surface area contributed by atoms with Gasteiger partial charge in [-0.1, -0.05) is 23.7 Å². The Hall–Kier alpha value is -2.86. The van der Waals surface area contributed by atoms with E-state index in [2.05, 4.69) is 5.32 Å².